The van der Waals surface area contributed by atoms with Crippen LogP contribution < -0.4 is 0 Å². The van der Waals surface area contributed by atoms with Crippen LogP contribution in [-0.2, 0) is 12.8 Å². The maximum Gasteiger partial charge on any atom is 0.0792 e. The Morgan fingerprint density at radius 1 is 1.12 bits per heavy atom. The summed E-state index contributed by atoms with van der Waals surface area (Å²) in [5.74, 6) is 0.797. The molecule has 1 unspecified atom stereocenters. The van der Waals surface area contributed by atoms with Gasteiger partial charge in [0, 0.05) is 0 Å². The molecule has 0 bridgehead atoms. The van der Waals surface area contributed by atoms with Gasteiger partial charge >= 0.3 is 0 Å². The van der Waals surface area contributed by atoms with Gasteiger partial charge in [0.05, 0.1) is 6.10 Å². The van der Waals surface area contributed by atoms with E-state index in [4.69, 9.17) is 0 Å². The van der Waals surface area contributed by atoms with Gasteiger partial charge in [-0.05, 0) is 54.7 Å². The first-order valence-electron chi connectivity index (χ1n) is 6.63. The Hall–Kier alpha value is -0.820. The van der Waals surface area contributed by atoms with Gasteiger partial charge in [-0.1, -0.05) is 31.0 Å². The zero-order valence-electron chi connectivity index (χ0n) is 9.78. The molecule has 0 spiro atoms. The van der Waals surface area contributed by atoms with Crippen LogP contribution in [0.15, 0.2) is 18.2 Å². The van der Waals surface area contributed by atoms with Crippen molar-refractivity contribution in [2.24, 2.45) is 5.92 Å². The smallest absolute Gasteiger partial charge is 0.0792 e. The van der Waals surface area contributed by atoms with Gasteiger partial charge in [0.2, 0.25) is 0 Å². The number of fused-ring (bicyclic) bond motifs is 1. The highest BCUT2D eigenvalue weighted by Crippen LogP contribution is 2.38. The molecular weight excluding hydrogens is 196 g/mol. The lowest BCUT2D eigenvalue weighted by molar-refractivity contribution is 0.160. The number of rotatable bonds is 3. The standard InChI is InChI=1S/C15H20O/c16-15(9-11-5-6-11)14-8-7-12-3-1-2-4-13(12)10-14/h7-8,10-11,15-16H,1-6,9H2. The Labute approximate surface area is 97.5 Å². The van der Waals surface area contributed by atoms with Crippen molar-refractivity contribution in [3.05, 3.63) is 34.9 Å². The van der Waals surface area contributed by atoms with E-state index in [1.807, 2.05) is 0 Å². The molecular formula is C15H20O. The van der Waals surface area contributed by atoms with Gasteiger partial charge in [-0.3, -0.25) is 0 Å². The van der Waals surface area contributed by atoms with Crippen LogP contribution >= 0.6 is 0 Å². The minimum atomic E-state index is -0.222. The second-order valence-electron chi connectivity index (χ2n) is 5.43. The van der Waals surface area contributed by atoms with Crippen LogP contribution in [-0.4, -0.2) is 5.11 Å². The lowest BCUT2D eigenvalue weighted by Gasteiger charge is -2.18. The normalized spacial score (nSPS) is 21.6. The molecule has 1 N–H and O–H groups in total. The fourth-order valence-electron chi connectivity index (χ4n) is 2.77. The number of aliphatic hydroxyl groups is 1. The van der Waals surface area contributed by atoms with E-state index in [0.29, 0.717) is 0 Å². The molecule has 1 nitrogen and oxygen atoms in total. The number of aliphatic hydroxyl groups excluding tert-OH is 1. The van der Waals surface area contributed by atoms with Gasteiger partial charge in [-0.25, -0.2) is 0 Å². The fraction of sp³-hybridized carbons (Fsp3) is 0.600. The van der Waals surface area contributed by atoms with E-state index in [9.17, 15) is 5.11 Å². The molecule has 0 saturated heterocycles. The molecule has 1 saturated carbocycles. The van der Waals surface area contributed by atoms with Crippen LogP contribution in [0, 0.1) is 5.92 Å². The maximum atomic E-state index is 10.1. The monoisotopic (exact) mass is 216 g/mol. The van der Waals surface area contributed by atoms with Crippen LogP contribution in [0.3, 0.4) is 0 Å². The lowest BCUT2D eigenvalue weighted by Crippen LogP contribution is -2.05. The predicted molar refractivity (Wildman–Crippen MR) is 65.4 cm³/mol. The lowest BCUT2D eigenvalue weighted by atomic mass is 9.89. The van der Waals surface area contributed by atoms with Gasteiger partial charge in [0.15, 0.2) is 0 Å². The van der Waals surface area contributed by atoms with Gasteiger partial charge in [0.1, 0.15) is 0 Å². The van der Waals surface area contributed by atoms with Gasteiger partial charge < -0.3 is 5.11 Å². The van der Waals surface area contributed by atoms with Crippen molar-refractivity contribution >= 4 is 0 Å². The third kappa shape index (κ3) is 2.15. The summed E-state index contributed by atoms with van der Waals surface area (Å²) >= 11 is 0. The Balaban J connectivity index is 1.78. The molecule has 0 aromatic heterocycles. The number of hydrogen-bond donors (Lipinski definition) is 1. The van der Waals surface area contributed by atoms with E-state index in [1.165, 1.54) is 49.7 Å². The molecule has 1 fully saturated rings. The second kappa shape index (κ2) is 4.21. The van der Waals surface area contributed by atoms with Gasteiger partial charge in [-0.15, -0.1) is 0 Å². The molecule has 1 atom stereocenters. The highest BCUT2D eigenvalue weighted by atomic mass is 16.3. The minimum absolute atomic E-state index is 0.222. The van der Waals surface area contributed by atoms with E-state index in [-0.39, 0.29) is 6.10 Å². The van der Waals surface area contributed by atoms with Gasteiger partial charge in [0.25, 0.3) is 0 Å². The van der Waals surface area contributed by atoms with Crippen LogP contribution in [0.25, 0.3) is 0 Å². The number of benzene rings is 1. The first-order valence-corrected chi connectivity index (χ1v) is 6.63. The largest absolute Gasteiger partial charge is 0.388 e. The zero-order chi connectivity index (χ0) is 11.0. The Kier molecular flexibility index (Phi) is 2.72. The summed E-state index contributed by atoms with van der Waals surface area (Å²) in [7, 11) is 0. The average Bonchev–Trinajstić information content (AvgIpc) is 3.12. The molecule has 1 aromatic rings. The van der Waals surface area contributed by atoms with Gasteiger partial charge in [-0.2, -0.15) is 0 Å². The molecule has 86 valence electrons. The number of aryl methyl sites for hydroxylation is 2. The van der Waals surface area contributed by atoms with Crippen molar-refractivity contribution in [3.8, 4) is 0 Å². The zero-order valence-corrected chi connectivity index (χ0v) is 9.78. The summed E-state index contributed by atoms with van der Waals surface area (Å²) in [5.41, 5.74) is 4.14. The fourth-order valence-corrected chi connectivity index (χ4v) is 2.77. The molecule has 0 amide bonds. The highest BCUT2D eigenvalue weighted by molar-refractivity contribution is 5.34. The SMILES string of the molecule is OC(CC1CC1)c1ccc2c(c1)CCCC2. The Morgan fingerprint density at radius 2 is 1.88 bits per heavy atom. The third-order valence-electron chi connectivity index (χ3n) is 4.01. The number of hydrogen-bond acceptors (Lipinski definition) is 1. The molecule has 0 aliphatic heterocycles. The molecule has 3 rings (SSSR count). The highest BCUT2D eigenvalue weighted by Gasteiger charge is 2.25. The van der Waals surface area contributed by atoms with Crippen molar-refractivity contribution < 1.29 is 5.11 Å². The van der Waals surface area contributed by atoms with Crippen molar-refractivity contribution in [2.45, 2.75) is 51.0 Å². The third-order valence-corrected chi connectivity index (χ3v) is 4.01. The molecule has 0 radical (unpaired) electrons. The van der Waals surface area contributed by atoms with Crippen LogP contribution in [0.2, 0.25) is 0 Å². The molecule has 16 heavy (non-hydrogen) atoms. The van der Waals surface area contributed by atoms with Crippen LogP contribution in [0.5, 0.6) is 0 Å². The van der Waals surface area contributed by atoms with Crippen molar-refractivity contribution in [1.82, 2.24) is 0 Å². The van der Waals surface area contributed by atoms with E-state index >= 15 is 0 Å². The summed E-state index contributed by atoms with van der Waals surface area (Å²) < 4.78 is 0. The Morgan fingerprint density at radius 3 is 2.62 bits per heavy atom. The minimum Gasteiger partial charge on any atom is -0.388 e. The Bertz CT molecular complexity index is 379. The summed E-state index contributed by atoms with van der Waals surface area (Å²) in [6, 6.07) is 6.62. The van der Waals surface area contributed by atoms with E-state index < -0.39 is 0 Å². The maximum absolute atomic E-state index is 10.1. The topological polar surface area (TPSA) is 20.2 Å². The molecule has 1 aromatic carbocycles. The van der Waals surface area contributed by atoms with Crippen molar-refractivity contribution in [1.29, 1.82) is 0 Å². The first-order chi connectivity index (χ1) is 7.83. The molecule has 2 aliphatic carbocycles. The van der Waals surface area contributed by atoms with E-state index in [0.717, 1.165) is 17.9 Å². The molecule has 1 heteroatoms. The average molecular weight is 216 g/mol. The quantitative estimate of drug-likeness (QED) is 0.821. The van der Waals surface area contributed by atoms with Crippen LogP contribution in [0.1, 0.15) is 54.9 Å². The van der Waals surface area contributed by atoms with Crippen molar-refractivity contribution in [2.75, 3.05) is 0 Å². The van der Waals surface area contributed by atoms with Crippen LogP contribution in [0.4, 0.5) is 0 Å². The molecule has 2 aliphatic rings. The summed E-state index contributed by atoms with van der Waals surface area (Å²) in [4.78, 5) is 0. The summed E-state index contributed by atoms with van der Waals surface area (Å²) in [6.07, 6.45) is 8.47. The second-order valence-corrected chi connectivity index (χ2v) is 5.43. The van der Waals surface area contributed by atoms with Crippen molar-refractivity contribution in [3.63, 3.8) is 0 Å². The predicted octanol–water partition coefficient (Wildman–Crippen LogP) is 3.40. The summed E-state index contributed by atoms with van der Waals surface area (Å²) in [6.45, 7) is 0. The molecule has 0 heterocycles. The summed E-state index contributed by atoms with van der Waals surface area (Å²) in [5, 5.41) is 10.1. The first kappa shape index (κ1) is 10.3. The van der Waals surface area contributed by atoms with E-state index in [2.05, 4.69) is 18.2 Å². The van der Waals surface area contributed by atoms with E-state index in [1.54, 1.807) is 0 Å².